The summed E-state index contributed by atoms with van der Waals surface area (Å²) in [5, 5.41) is 36.4. The Bertz CT molecular complexity index is 3210. The summed E-state index contributed by atoms with van der Waals surface area (Å²) in [5.74, 6) is -8.34. The van der Waals surface area contributed by atoms with Crippen molar-refractivity contribution < 1.29 is 67.3 Å². The van der Waals surface area contributed by atoms with E-state index in [1.165, 1.54) is 10.6 Å². The van der Waals surface area contributed by atoms with E-state index in [1.54, 1.807) is 50.2 Å². The lowest BCUT2D eigenvalue weighted by Crippen LogP contribution is -2.53. The first-order valence-corrected chi connectivity index (χ1v) is 25.1. The summed E-state index contributed by atoms with van der Waals surface area (Å²) in [5.41, 5.74) is 1.41. The number of fused-ring (bicyclic) bond motifs is 5. The van der Waals surface area contributed by atoms with E-state index in [-0.39, 0.29) is 55.6 Å². The van der Waals surface area contributed by atoms with Gasteiger partial charge in [-0.15, -0.1) is 0 Å². The molecular formula is C53H56FN9O14. The Kier molecular flexibility index (Phi) is 16.4. The van der Waals surface area contributed by atoms with E-state index in [1.807, 2.05) is 0 Å². The fraction of sp³-hybridized carbons (Fsp3) is 0.396. The molecule has 2 aromatic carbocycles. The maximum atomic E-state index is 15.5. The SMILES string of the molecule is CC[C@@]1(O)C(=O)OCc2c1cc1n(c2=O)Cc2c-1nc1cc(F)c(C)c3c1c2[C@@H](NC(=O)CNC(=O)[C@H](Cc1ccccc1)NC(=O)CNC(=O)CNC(=O)[C@H](CC(=O)O)NC(=O)CCCCCN1C(=O)C=CC1=O)CC3. The number of aliphatic carboxylic acids is 1. The lowest BCUT2D eigenvalue weighted by atomic mass is 9.81. The molecule has 2 aromatic heterocycles. The lowest BCUT2D eigenvalue weighted by Gasteiger charge is -2.31. The highest BCUT2D eigenvalue weighted by molar-refractivity contribution is 6.12. The zero-order valence-corrected chi connectivity index (χ0v) is 42.0. The van der Waals surface area contributed by atoms with Gasteiger partial charge in [0.1, 0.15) is 24.5 Å². The molecule has 3 aliphatic heterocycles. The van der Waals surface area contributed by atoms with Crippen LogP contribution in [0.15, 0.2) is 59.4 Å². The van der Waals surface area contributed by atoms with E-state index in [9.17, 15) is 63.0 Å². The van der Waals surface area contributed by atoms with Crippen LogP contribution in [0.1, 0.15) is 96.9 Å². The van der Waals surface area contributed by atoms with Gasteiger partial charge >= 0.3 is 11.9 Å². The number of amides is 8. The maximum Gasteiger partial charge on any atom is 0.343 e. The number of nitrogens with zero attached hydrogens (tertiary/aromatic N) is 3. The molecule has 0 bridgehead atoms. The predicted molar refractivity (Wildman–Crippen MR) is 268 cm³/mol. The standard InChI is InChI=1S/C53H56FN9O14/c1-3-53(76)32-19-38-48-30(25-63(38)51(74)31(32)26-77-52(53)75)47-34(14-13-29-27(2)33(54)20-35(61-48)46(29)47)58-42(67)24-57-49(72)36(18-28-10-6-4-7-11-28)60-41(66)23-55-40(65)22-56-50(73)37(21-45(70)71)59-39(64)12-8-5-9-17-62-43(68)15-16-44(62)69/h4,6-7,10-11,15-16,19-20,34,36-37,76H,3,5,8-9,12-14,17-18,21-26H2,1-2H3,(H,55,65)(H,56,73)(H,57,72)(H,58,67)(H,59,64)(H,60,66)(H,70,71)/t34-,36-,37-,53-/m0/s1. The van der Waals surface area contributed by atoms with Crippen LogP contribution in [0.4, 0.5) is 4.39 Å². The van der Waals surface area contributed by atoms with Crippen molar-refractivity contribution in [2.24, 2.45) is 0 Å². The second-order valence-electron chi connectivity index (χ2n) is 19.2. The average Bonchev–Trinajstić information content (AvgIpc) is 3.95. The molecule has 24 heteroatoms. The molecule has 8 amide bonds. The molecule has 4 aliphatic rings. The molecule has 8 N–H and O–H groups in total. The molecule has 1 aliphatic carbocycles. The number of hydrogen-bond acceptors (Lipinski definition) is 14. The molecule has 23 nitrogen and oxygen atoms in total. The molecule has 4 aromatic rings. The normalized spacial score (nSPS) is 17.6. The van der Waals surface area contributed by atoms with Crippen molar-refractivity contribution in [3.8, 4) is 11.4 Å². The number of cyclic esters (lactones) is 1. The molecule has 0 spiro atoms. The molecule has 0 saturated carbocycles. The zero-order chi connectivity index (χ0) is 55.3. The van der Waals surface area contributed by atoms with Gasteiger partial charge in [-0.25, -0.2) is 14.2 Å². The van der Waals surface area contributed by atoms with Gasteiger partial charge in [0.25, 0.3) is 17.4 Å². The van der Waals surface area contributed by atoms with Crippen LogP contribution in [0.25, 0.3) is 22.3 Å². The summed E-state index contributed by atoms with van der Waals surface area (Å²) < 4.78 is 22.1. The van der Waals surface area contributed by atoms with Gasteiger partial charge in [-0.05, 0) is 67.3 Å². The largest absolute Gasteiger partial charge is 0.481 e. The Hall–Kier alpha value is -8.67. The number of aromatic nitrogens is 2. The van der Waals surface area contributed by atoms with Crippen molar-refractivity contribution in [3.63, 3.8) is 0 Å². The number of benzene rings is 2. The van der Waals surface area contributed by atoms with Gasteiger partial charge in [0.05, 0.1) is 61.1 Å². The summed E-state index contributed by atoms with van der Waals surface area (Å²) in [6.07, 6.45) is 3.16. The molecule has 0 unspecified atom stereocenters. The molecule has 0 fully saturated rings. The number of carbonyl (C=O) groups is 10. The van der Waals surface area contributed by atoms with E-state index >= 15 is 4.39 Å². The molecule has 404 valence electrons. The van der Waals surface area contributed by atoms with Gasteiger partial charge in [0.15, 0.2) is 5.60 Å². The quantitative estimate of drug-likeness (QED) is 0.0260. The van der Waals surface area contributed by atoms with Gasteiger partial charge in [-0.3, -0.25) is 52.8 Å². The number of carboxylic acid groups (broad SMARTS) is 1. The second-order valence-corrected chi connectivity index (χ2v) is 19.2. The monoisotopic (exact) mass is 1060 g/mol. The number of nitrogens with one attached hydrogen (secondary N) is 6. The third-order valence-electron chi connectivity index (χ3n) is 14.2. The van der Waals surface area contributed by atoms with Crippen LogP contribution in [0.5, 0.6) is 0 Å². The average molecular weight is 1060 g/mol. The minimum absolute atomic E-state index is 0.00782. The minimum Gasteiger partial charge on any atom is -0.481 e. The first kappa shape index (κ1) is 54.6. The summed E-state index contributed by atoms with van der Waals surface area (Å²) in [7, 11) is 0. The number of imide groups is 1. The van der Waals surface area contributed by atoms with E-state index in [0.717, 1.165) is 17.1 Å². The fourth-order valence-corrected chi connectivity index (χ4v) is 10.1. The van der Waals surface area contributed by atoms with Crippen molar-refractivity contribution in [1.29, 1.82) is 0 Å². The first-order valence-electron chi connectivity index (χ1n) is 25.1. The molecular weight excluding hydrogens is 1010 g/mol. The topological polar surface area (TPSA) is 331 Å². The van der Waals surface area contributed by atoms with Crippen LogP contribution in [0.2, 0.25) is 0 Å². The highest BCUT2D eigenvalue weighted by Crippen LogP contribution is 2.46. The Balaban J connectivity index is 0.875. The number of halogens is 1. The van der Waals surface area contributed by atoms with Gasteiger partial charge in [0.2, 0.25) is 35.4 Å². The number of carbonyl (C=O) groups excluding carboxylic acids is 9. The highest BCUT2D eigenvalue weighted by atomic mass is 19.1. The van der Waals surface area contributed by atoms with Crippen molar-refractivity contribution in [2.75, 3.05) is 26.2 Å². The van der Waals surface area contributed by atoms with Crippen LogP contribution >= 0.6 is 0 Å². The maximum absolute atomic E-state index is 15.5. The Morgan fingerprint density at radius 2 is 1.51 bits per heavy atom. The minimum atomic E-state index is -2.08. The number of ether oxygens (including phenoxy) is 1. The van der Waals surface area contributed by atoms with Crippen LogP contribution in [0.3, 0.4) is 0 Å². The van der Waals surface area contributed by atoms with Crippen molar-refractivity contribution in [1.82, 2.24) is 46.4 Å². The summed E-state index contributed by atoms with van der Waals surface area (Å²) in [4.78, 5) is 147. The third-order valence-corrected chi connectivity index (χ3v) is 14.2. The van der Waals surface area contributed by atoms with Crippen molar-refractivity contribution in [3.05, 3.63) is 110 Å². The molecule has 4 atom stereocenters. The van der Waals surface area contributed by atoms with Crippen molar-refractivity contribution in [2.45, 2.75) is 109 Å². The summed E-state index contributed by atoms with van der Waals surface area (Å²) >= 11 is 0. The van der Waals surface area contributed by atoms with Crippen LogP contribution in [0, 0.1) is 12.7 Å². The van der Waals surface area contributed by atoms with Crippen LogP contribution in [-0.4, -0.2) is 122 Å². The number of esters is 1. The number of unbranched alkanes of at least 4 members (excludes halogenated alkanes) is 2. The molecule has 0 radical (unpaired) electrons. The number of aliphatic hydroxyl groups is 1. The third kappa shape index (κ3) is 11.8. The Morgan fingerprint density at radius 1 is 0.831 bits per heavy atom. The molecule has 8 rings (SSSR count). The molecule has 0 saturated heterocycles. The molecule has 5 heterocycles. The molecule has 77 heavy (non-hydrogen) atoms. The van der Waals surface area contributed by atoms with Crippen LogP contribution < -0.4 is 37.5 Å². The van der Waals surface area contributed by atoms with Gasteiger partial charge in [-0.2, -0.15) is 0 Å². The number of aryl methyl sites for hydroxylation is 1. The fourth-order valence-electron chi connectivity index (χ4n) is 10.1. The number of carboxylic acids is 1. The number of hydrogen-bond donors (Lipinski definition) is 8. The Labute approximate surface area is 438 Å². The predicted octanol–water partition coefficient (Wildman–Crippen LogP) is 0.152. The second kappa shape index (κ2) is 23.1. The van der Waals surface area contributed by atoms with E-state index < -0.39 is 120 Å². The lowest BCUT2D eigenvalue weighted by molar-refractivity contribution is -0.172. The smallest absolute Gasteiger partial charge is 0.343 e. The zero-order valence-electron chi connectivity index (χ0n) is 42.0. The highest BCUT2D eigenvalue weighted by Gasteiger charge is 2.46. The first-order chi connectivity index (χ1) is 36.8. The van der Waals surface area contributed by atoms with E-state index in [4.69, 9.17) is 9.72 Å². The van der Waals surface area contributed by atoms with Gasteiger partial charge in [-0.1, -0.05) is 43.7 Å². The van der Waals surface area contributed by atoms with E-state index in [0.29, 0.717) is 76.7 Å². The number of rotatable bonds is 22. The van der Waals surface area contributed by atoms with Crippen molar-refractivity contribution >= 4 is 70.1 Å². The summed E-state index contributed by atoms with van der Waals surface area (Å²) in [6.45, 7) is 1.13. The van der Waals surface area contributed by atoms with Gasteiger partial charge in [0, 0.05) is 54.1 Å². The summed E-state index contributed by atoms with van der Waals surface area (Å²) in [6, 6.07) is 7.94. The van der Waals surface area contributed by atoms with Crippen LogP contribution in [-0.2, 0) is 84.3 Å². The Morgan fingerprint density at radius 3 is 2.21 bits per heavy atom. The number of pyridine rings is 2. The van der Waals surface area contributed by atoms with E-state index in [2.05, 4.69) is 31.9 Å². The van der Waals surface area contributed by atoms with Gasteiger partial charge < -0.3 is 51.4 Å².